The average molecular weight is 504 g/mol. The summed E-state index contributed by atoms with van der Waals surface area (Å²) in [5.41, 5.74) is 14.8. The zero-order chi connectivity index (χ0) is 27.8. The van der Waals surface area contributed by atoms with E-state index in [1.165, 1.54) is 33.9 Å². The van der Waals surface area contributed by atoms with Crippen molar-refractivity contribution in [1.82, 2.24) is 0 Å². The quantitative estimate of drug-likeness (QED) is 0.427. The van der Waals surface area contributed by atoms with Gasteiger partial charge in [0.2, 0.25) is 0 Å². The minimum atomic E-state index is -0.180. The Morgan fingerprint density at radius 3 is 2.30 bits per heavy atom. The molecule has 2 aliphatic carbocycles. The predicted octanol–water partition coefficient (Wildman–Crippen LogP) is 9.08. The Morgan fingerprint density at radius 2 is 1.73 bits per heavy atom. The molecule has 3 heteroatoms. The Balaban J connectivity index is 0.000000367. The van der Waals surface area contributed by atoms with Crippen LogP contribution in [0.5, 0.6) is 0 Å². The number of benzene rings is 2. The van der Waals surface area contributed by atoms with Crippen molar-refractivity contribution in [2.24, 2.45) is 11.1 Å². The van der Waals surface area contributed by atoms with Crippen molar-refractivity contribution in [3.05, 3.63) is 118 Å². The molecule has 0 saturated heterocycles. The molecule has 0 radical (unpaired) electrons. The molecule has 1 saturated carbocycles. The zero-order valence-electron chi connectivity index (χ0n) is 24.0. The second kappa shape index (κ2) is 13.1. The number of aryl methyl sites for hydroxylation is 2. The van der Waals surface area contributed by atoms with Crippen molar-refractivity contribution in [2.45, 2.75) is 86.4 Å². The number of hydrogen-bond donors (Lipinski definition) is 1. The van der Waals surface area contributed by atoms with E-state index in [0.717, 1.165) is 30.4 Å². The molecule has 0 aliphatic heterocycles. The lowest BCUT2D eigenvalue weighted by molar-refractivity contribution is -0.0992. The predicted molar refractivity (Wildman–Crippen MR) is 157 cm³/mol. The molecule has 0 amide bonds. The van der Waals surface area contributed by atoms with Crippen molar-refractivity contribution in [3.8, 4) is 0 Å². The molecule has 4 rings (SSSR count). The van der Waals surface area contributed by atoms with Gasteiger partial charge in [0.05, 0.1) is 12.2 Å². The van der Waals surface area contributed by atoms with Crippen LogP contribution in [0.2, 0.25) is 0 Å². The molecular weight excluding hydrogens is 457 g/mol. The van der Waals surface area contributed by atoms with E-state index < -0.39 is 0 Å². The number of allylic oxidation sites excluding steroid dienone is 5. The van der Waals surface area contributed by atoms with Crippen molar-refractivity contribution < 1.29 is 9.13 Å². The minimum absolute atomic E-state index is 0.0302. The fourth-order valence-corrected chi connectivity index (χ4v) is 5.28. The van der Waals surface area contributed by atoms with E-state index in [0.29, 0.717) is 18.7 Å². The summed E-state index contributed by atoms with van der Waals surface area (Å²) >= 11 is 0. The third-order valence-electron chi connectivity index (χ3n) is 7.83. The maximum Gasteiger partial charge on any atom is 0.126 e. The van der Waals surface area contributed by atoms with E-state index in [4.69, 9.17) is 10.5 Å². The maximum absolute atomic E-state index is 12.5. The monoisotopic (exact) mass is 503 g/mol. The van der Waals surface area contributed by atoms with E-state index in [9.17, 15) is 4.39 Å². The van der Waals surface area contributed by atoms with Crippen molar-refractivity contribution in [3.63, 3.8) is 0 Å². The normalized spacial score (nSPS) is 22.1. The molecule has 2 aromatic carbocycles. The number of halogens is 1. The molecule has 2 aromatic rings. The lowest BCUT2D eigenvalue weighted by Gasteiger charge is -2.44. The van der Waals surface area contributed by atoms with Crippen molar-refractivity contribution in [2.75, 3.05) is 0 Å². The van der Waals surface area contributed by atoms with E-state index >= 15 is 0 Å². The first-order chi connectivity index (χ1) is 17.5. The molecule has 0 aromatic heterocycles. The topological polar surface area (TPSA) is 35.2 Å². The largest absolute Gasteiger partial charge is 0.402 e. The van der Waals surface area contributed by atoms with Gasteiger partial charge in [0.15, 0.2) is 0 Å². The van der Waals surface area contributed by atoms with Gasteiger partial charge < -0.3 is 10.5 Å². The van der Waals surface area contributed by atoms with Crippen LogP contribution in [0.25, 0.3) is 0 Å². The summed E-state index contributed by atoms with van der Waals surface area (Å²) in [7, 11) is 0. The van der Waals surface area contributed by atoms with E-state index in [2.05, 4.69) is 58.2 Å². The highest BCUT2D eigenvalue weighted by atomic mass is 19.1. The van der Waals surface area contributed by atoms with Gasteiger partial charge in [-0.15, -0.1) is 0 Å². The molecule has 0 heterocycles. The molecule has 2 aliphatic rings. The Kier molecular flexibility index (Phi) is 10.7. The molecule has 2 nitrogen and oxygen atoms in total. The molecular formula is C34H46FNO. The molecule has 2 atom stereocenters. The Labute approximate surface area is 224 Å². The van der Waals surface area contributed by atoms with Gasteiger partial charge in [0.1, 0.15) is 5.82 Å². The van der Waals surface area contributed by atoms with E-state index in [-0.39, 0.29) is 16.8 Å². The summed E-state index contributed by atoms with van der Waals surface area (Å²) in [4.78, 5) is 0. The summed E-state index contributed by atoms with van der Waals surface area (Å²) in [6, 6.07) is 13.4. The second-order valence-electron chi connectivity index (χ2n) is 10.5. The smallest absolute Gasteiger partial charge is 0.126 e. The number of ether oxygens (including phenoxy) is 1. The van der Waals surface area contributed by atoms with Gasteiger partial charge in [-0.1, -0.05) is 93.6 Å². The van der Waals surface area contributed by atoms with Crippen molar-refractivity contribution in [1.29, 1.82) is 0 Å². The number of nitrogens with two attached hydrogens (primary N) is 1. The Morgan fingerprint density at radius 1 is 1.08 bits per heavy atom. The summed E-state index contributed by atoms with van der Waals surface area (Å²) in [5, 5.41) is 0. The van der Waals surface area contributed by atoms with E-state index in [1.54, 1.807) is 13.0 Å². The van der Waals surface area contributed by atoms with Crippen LogP contribution in [0.15, 0.2) is 90.2 Å². The summed E-state index contributed by atoms with van der Waals surface area (Å²) < 4.78 is 19.1. The highest BCUT2D eigenvalue weighted by Crippen LogP contribution is 2.58. The van der Waals surface area contributed by atoms with Crippen LogP contribution >= 0.6 is 0 Å². The van der Waals surface area contributed by atoms with Gasteiger partial charge in [-0.25, -0.2) is 4.39 Å². The van der Waals surface area contributed by atoms with Crippen LogP contribution in [0, 0.1) is 25.1 Å². The molecule has 2 unspecified atom stereocenters. The highest BCUT2D eigenvalue weighted by Gasteiger charge is 2.53. The van der Waals surface area contributed by atoms with Crippen LogP contribution in [0.4, 0.5) is 4.39 Å². The maximum atomic E-state index is 12.5. The van der Waals surface area contributed by atoms with Crippen molar-refractivity contribution >= 4 is 0 Å². The van der Waals surface area contributed by atoms with Crippen LogP contribution in [-0.2, 0) is 17.8 Å². The third kappa shape index (κ3) is 7.11. The summed E-state index contributed by atoms with van der Waals surface area (Å²) in [6.07, 6.45) is 8.23. The van der Waals surface area contributed by atoms with Gasteiger partial charge in [0.25, 0.3) is 0 Å². The Bertz CT molecular complexity index is 1170. The minimum Gasteiger partial charge on any atom is -0.402 e. The van der Waals surface area contributed by atoms with Gasteiger partial charge in [0, 0.05) is 17.5 Å². The van der Waals surface area contributed by atoms with Crippen LogP contribution in [0.3, 0.4) is 0 Å². The molecule has 0 bridgehead atoms. The third-order valence-corrected chi connectivity index (χ3v) is 7.83. The number of hydrogen-bond acceptors (Lipinski definition) is 2. The van der Waals surface area contributed by atoms with Crippen LogP contribution < -0.4 is 5.73 Å². The molecule has 2 N–H and O–H groups in total. The SMILES string of the molecule is C=CC1=C(C)C=C2CCC(C)(OCc3ccccc3CC(=C)N)C2(C)C1.CC.Cc1ccc(F)c(C)c1. The first kappa shape index (κ1) is 30.3. The standard InChI is InChI=1S/C24H31NO.C8H9F.C2H6/c1-6-19-15-23(4)22(13-17(19)2)11-12-24(23,5)26-16-21-10-8-7-9-20(21)14-18(3)25;1-6-3-4-8(9)7(2)5-6;1-2/h6-10,13H,1,3,11-12,14-16,25H2,2,4-5H3;3-5H,1-2H3;1-2H3. The second-order valence-corrected chi connectivity index (χ2v) is 10.5. The summed E-state index contributed by atoms with van der Waals surface area (Å²) in [6.45, 7) is 23.0. The molecule has 1 fully saturated rings. The Hall–Kier alpha value is -2.91. The van der Waals surface area contributed by atoms with Gasteiger partial charge in [-0.05, 0) is 80.9 Å². The number of rotatable bonds is 6. The lowest BCUT2D eigenvalue weighted by atomic mass is 9.67. The van der Waals surface area contributed by atoms with Gasteiger partial charge in [-0.3, -0.25) is 0 Å². The van der Waals surface area contributed by atoms with Gasteiger partial charge >= 0.3 is 0 Å². The van der Waals surface area contributed by atoms with Crippen LogP contribution in [-0.4, -0.2) is 5.60 Å². The molecule has 200 valence electrons. The van der Waals surface area contributed by atoms with Gasteiger partial charge in [-0.2, -0.15) is 0 Å². The highest BCUT2D eigenvalue weighted by molar-refractivity contribution is 5.45. The molecule has 37 heavy (non-hydrogen) atoms. The average Bonchev–Trinajstić information content (AvgIpc) is 3.12. The van der Waals surface area contributed by atoms with E-state index in [1.807, 2.05) is 39.0 Å². The first-order valence-corrected chi connectivity index (χ1v) is 13.4. The lowest BCUT2D eigenvalue weighted by Crippen LogP contribution is -2.43. The molecule has 0 spiro atoms. The zero-order valence-corrected chi connectivity index (χ0v) is 24.0. The first-order valence-electron chi connectivity index (χ1n) is 13.4. The van der Waals surface area contributed by atoms with Crippen LogP contribution in [0.1, 0.15) is 76.1 Å². The fraction of sp³-hybridized carbons (Fsp3) is 0.412. The summed E-state index contributed by atoms with van der Waals surface area (Å²) in [5.74, 6) is -0.124. The number of fused-ring (bicyclic) bond motifs is 1. The fourth-order valence-electron chi connectivity index (χ4n) is 5.28.